The highest BCUT2D eigenvalue weighted by atomic mass is 16.3. The number of allylic oxidation sites excluding steroid dienone is 1. The van der Waals surface area contributed by atoms with Gasteiger partial charge in [-0.2, -0.15) is 0 Å². The summed E-state index contributed by atoms with van der Waals surface area (Å²) < 4.78 is 0. The van der Waals surface area contributed by atoms with Crippen molar-refractivity contribution in [3.8, 4) is 0 Å². The van der Waals surface area contributed by atoms with Crippen molar-refractivity contribution >= 4 is 0 Å². The Hall–Kier alpha value is -0.300. The van der Waals surface area contributed by atoms with Crippen molar-refractivity contribution < 1.29 is 5.11 Å². The van der Waals surface area contributed by atoms with Gasteiger partial charge in [-0.05, 0) is 37.2 Å². The molecule has 0 heterocycles. The van der Waals surface area contributed by atoms with Crippen LogP contribution >= 0.6 is 0 Å². The predicted molar refractivity (Wildman–Crippen MR) is 65.9 cm³/mol. The maximum absolute atomic E-state index is 10.1. The van der Waals surface area contributed by atoms with Crippen LogP contribution in [0.5, 0.6) is 0 Å². The first-order valence-corrected chi connectivity index (χ1v) is 6.66. The lowest BCUT2D eigenvalue weighted by Crippen LogP contribution is -2.14. The van der Waals surface area contributed by atoms with Crippen LogP contribution in [0.1, 0.15) is 65.2 Å². The van der Waals surface area contributed by atoms with Crippen molar-refractivity contribution in [3.63, 3.8) is 0 Å². The van der Waals surface area contributed by atoms with E-state index >= 15 is 0 Å². The summed E-state index contributed by atoms with van der Waals surface area (Å²) in [5.74, 6) is 0.555. The van der Waals surface area contributed by atoms with Crippen LogP contribution in [0, 0.1) is 5.92 Å². The van der Waals surface area contributed by atoms with Crippen molar-refractivity contribution in [2.24, 2.45) is 5.92 Å². The number of hydrogen-bond acceptors (Lipinski definition) is 1. The van der Waals surface area contributed by atoms with E-state index in [1.165, 1.54) is 44.1 Å². The van der Waals surface area contributed by atoms with Crippen molar-refractivity contribution in [1.29, 1.82) is 0 Å². The van der Waals surface area contributed by atoms with Gasteiger partial charge < -0.3 is 5.11 Å². The Kier molecular flexibility index (Phi) is 6.00. The second-order valence-corrected chi connectivity index (χ2v) is 4.81. The molecule has 1 heteroatoms. The molecule has 0 amide bonds. The fourth-order valence-electron chi connectivity index (χ4n) is 2.47. The molecule has 0 aromatic rings. The van der Waals surface area contributed by atoms with Crippen LogP contribution in [0.2, 0.25) is 0 Å². The molecule has 1 rings (SSSR count). The Balaban J connectivity index is 2.31. The zero-order chi connectivity index (χ0) is 11.1. The van der Waals surface area contributed by atoms with Gasteiger partial charge in [0.2, 0.25) is 0 Å². The van der Waals surface area contributed by atoms with E-state index in [0.717, 1.165) is 12.8 Å². The third-order valence-corrected chi connectivity index (χ3v) is 3.50. The first-order valence-electron chi connectivity index (χ1n) is 6.66. The third-order valence-electron chi connectivity index (χ3n) is 3.50. The molecule has 0 spiro atoms. The molecule has 88 valence electrons. The SMILES string of the molecule is CCCC=C1CCC(CCCCC)C1O. The van der Waals surface area contributed by atoms with E-state index in [1.807, 2.05) is 0 Å². The van der Waals surface area contributed by atoms with E-state index in [1.54, 1.807) is 0 Å². The molecule has 2 unspecified atom stereocenters. The van der Waals surface area contributed by atoms with Gasteiger partial charge in [0, 0.05) is 0 Å². The molecule has 0 aromatic heterocycles. The van der Waals surface area contributed by atoms with Gasteiger partial charge in [0.05, 0.1) is 6.10 Å². The maximum atomic E-state index is 10.1. The number of rotatable bonds is 6. The highest BCUT2D eigenvalue weighted by molar-refractivity contribution is 5.14. The van der Waals surface area contributed by atoms with Crippen LogP contribution in [0.15, 0.2) is 11.6 Å². The molecule has 1 aliphatic carbocycles. The van der Waals surface area contributed by atoms with Gasteiger partial charge in [-0.3, -0.25) is 0 Å². The minimum atomic E-state index is -0.117. The smallest absolute Gasteiger partial charge is 0.0778 e. The molecule has 1 nitrogen and oxygen atoms in total. The second-order valence-electron chi connectivity index (χ2n) is 4.81. The van der Waals surface area contributed by atoms with Crippen LogP contribution in [-0.4, -0.2) is 11.2 Å². The predicted octanol–water partition coefficient (Wildman–Crippen LogP) is 4.06. The van der Waals surface area contributed by atoms with E-state index in [-0.39, 0.29) is 6.10 Å². The first kappa shape index (κ1) is 12.8. The monoisotopic (exact) mass is 210 g/mol. The molecular weight excluding hydrogens is 184 g/mol. The van der Waals surface area contributed by atoms with Crippen LogP contribution < -0.4 is 0 Å². The van der Waals surface area contributed by atoms with Gasteiger partial charge in [0.25, 0.3) is 0 Å². The summed E-state index contributed by atoms with van der Waals surface area (Å²) in [4.78, 5) is 0. The van der Waals surface area contributed by atoms with Crippen molar-refractivity contribution in [3.05, 3.63) is 11.6 Å². The summed E-state index contributed by atoms with van der Waals surface area (Å²) in [5.41, 5.74) is 1.32. The summed E-state index contributed by atoms with van der Waals surface area (Å²) in [6.45, 7) is 4.43. The molecule has 1 N–H and O–H groups in total. The summed E-state index contributed by atoms with van der Waals surface area (Å²) in [6, 6.07) is 0. The van der Waals surface area contributed by atoms with E-state index in [9.17, 15) is 5.11 Å². The molecule has 15 heavy (non-hydrogen) atoms. The summed E-state index contributed by atoms with van der Waals surface area (Å²) >= 11 is 0. The van der Waals surface area contributed by atoms with Crippen LogP contribution in [0.25, 0.3) is 0 Å². The van der Waals surface area contributed by atoms with Crippen LogP contribution in [0.3, 0.4) is 0 Å². The van der Waals surface area contributed by atoms with Crippen LogP contribution in [0.4, 0.5) is 0 Å². The molecule has 0 radical (unpaired) electrons. The van der Waals surface area contributed by atoms with Gasteiger partial charge in [-0.15, -0.1) is 0 Å². The van der Waals surface area contributed by atoms with Crippen LogP contribution in [-0.2, 0) is 0 Å². The minimum absolute atomic E-state index is 0.117. The lowest BCUT2D eigenvalue weighted by molar-refractivity contribution is 0.154. The highest BCUT2D eigenvalue weighted by Gasteiger charge is 2.28. The molecule has 0 aliphatic heterocycles. The molecule has 1 aliphatic rings. The summed E-state index contributed by atoms with van der Waals surface area (Å²) in [5, 5.41) is 10.1. The van der Waals surface area contributed by atoms with E-state index < -0.39 is 0 Å². The fourth-order valence-corrected chi connectivity index (χ4v) is 2.47. The number of aliphatic hydroxyl groups excluding tert-OH is 1. The topological polar surface area (TPSA) is 20.2 Å². The number of hydrogen-bond donors (Lipinski definition) is 1. The van der Waals surface area contributed by atoms with Crippen molar-refractivity contribution in [2.45, 2.75) is 71.3 Å². The normalized spacial score (nSPS) is 28.9. The standard InChI is InChI=1S/C14H26O/c1-3-5-7-9-13-11-10-12(14(13)15)8-6-4-2/h8,13-15H,3-7,9-11H2,1-2H3. The zero-order valence-corrected chi connectivity index (χ0v) is 10.3. The zero-order valence-electron chi connectivity index (χ0n) is 10.3. The molecule has 0 aromatic carbocycles. The fraction of sp³-hybridized carbons (Fsp3) is 0.857. The van der Waals surface area contributed by atoms with Gasteiger partial charge in [0.15, 0.2) is 0 Å². The Morgan fingerprint density at radius 1 is 1.27 bits per heavy atom. The van der Waals surface area contributed by atoms with E-state index in [4.69, 9.17) is 0 Å². The largest absolute Gasteiger partial charge is 0.388 e. The molecule has 2 atom stereocenters. The Labute approximate surface area is 94.6 Å². The molecule has 0 saturated heterocycles. The average molecular weight is 210 g/mol. The number of unbranched alkanes of at least 4 members (excludes halogenated alkanes) is 3. The Morgan fingerprint density at radius 2 is 2.07 bits per heavy atom. The Bertz CT molecular complexity index is 196. The number of aliphatic hydroxyl groups is 1. The van der Waals surface area contributed by atoms with E-state index in [0.29, 0.717) is 5.92 Å². The van der Waals surface area contributed by atoms with Gasteiger partial charge >= 0.3 is 0 Å². The quantitative estimate of drug-likeness (QED) is 0.517. The van der Waals surface area contributed by atoms with Gasteiger partial charge in [-0.25, -0.2) is 0 Å². The molecule has 1 fully saturated rings. The first-order chi connectivity index (χ1) is 7.29. The average Bonchev–Trinajstić information content (AvgIpc) is 2.58. The van der Waals surface area contributed by atoms with Gasteiger partial charge in [0.1, 0.15) is 0 Å². The lowest BCUT2D eigenvalue weighted by Gasteiger charge is -2.14. The summed E-state index contributed by atoms with van der Waals surface area (Å²) in [6.07, 6.45) is 11.9. The minimum Gasteiger partial charge on any atom is -0.388 e. The van der Waals surface area contributed by atoms with Gasteiger partial charge in [-0.1, -0.05) is 45.6 Å². The lowest BCUT2D eigenvalue weighted by atomic mass is 9.97. The van der Waals surface area contributed by atoms with Crippen molar-refractivity contribution in [1.82, 2.24) is 0 Å². The Morgan fingerprint density at radius 3 is 2.73 bits per heavy atom. The summed E-state index contributed by atoms with van der Waals surface area (Å²) in [7, 11) is 0. The van der Waals surface area contributed by atoms with E-state index in [2.05, 4.69) is 19.9 Å². The third kappa shape index (κ3) is 3.98. The molecular formula is C14H26O. The second kappa shape index (κ2) is 7.05. The molecule has 0 bridgehead atoms. The van der Waals surface area contributed by atoms with Crippen molar-refractivity contribution in [2.75, 3.05) is 0 Å². The maximum Gasteiger partial charge on any atom is 0.0778 e. The molecule has 1 saturated carbocycles. The highest BCUT2D eigenvalue weighted by Crippen LogP contribution is 2.34.